The third-order valence-corrected chi connectivity index (χ3v) is 5.04. The van der Waals surface area contributed by atoms with Crippen molar-refractivity contribution in [1.29, 1.82) is 5.41 Å². The van der Waals surface area contributed by atoms with Crippen molar-refractivity contribution in [2.45, 2.75) is 64.8 Å². The number of esters is 1. The molecule has 2 aliphatic heterocycles. The summed E-state index contributed by atoms with van der Waals surface area (Å²) in [6.45, 7) is 4.46. The topological polar surface area (TPSA) is 116 Å². The number of carbonyl (C=O) groups excluding carboxylic acids is 2. The van der Waals surface area contributed by atoms with E-state index in [1.54, 1.807) is 13.8 Å². The lowest BCUT2D eigenvalue weighted by molar-refractivity contribution is -0.363. The highest BCUT2D eigenvalue weighted by Crippen LogP contribution is 2.37. The van der Waals surface area contributed by atoms with Crippen molar-refractivity contribution in [3.63, 3.8) is 0 Å². The summed E-state index contributed by atoms with van der Waals surface area (Å²) in [4.78, 5) is 24.1. The van der Waals surface area contributed by atoms with E-state index >= 15 is 0 Å². The standard InChI is InChI=1S/C15H18Cl6N2O7/c1-5(24)27-9-7(23-12(25)15(19,20)21)10(29-11(22)14(16,17)18)28-6-4-26-13(2,3)30-8(6)9/h6-10,22H,4H2,1-3H3,(H,23,25)/t6-,7-,8-,9-,10+/m1/s1. The third kappa shape index (κ3) is 6.76. The molecule has 30 heavy (non-hydrogen) atoms. The van der Waals surface area contributed by atoms with Gasteiger partial charge in [0.1, 0.15) is 18.2 Å². The minimum Gasteiger partial charge on any atom is -0.457 e. The highest BCUT2D eigenvalue weighted by atomic mass is 35.6. The molecule has 1 amide bonds. The molecule has 0 saturated carbocycles. The Bertz CT molecular complexity index is 696. The van der Waals surface area contributed by atoms with Gasteiger partial charge in [-0.1, -0.05) is 69.6 Å². The Kier molecular flexibility index (Phi) is 8.31. The van der Waals surface area contributed by atoms with E-state index in [2.05, 4.69) is 5.32 Å². The molecule has 0 aromatic rings. The maximum Gasteiger partial charge on any atom is 0.303 e. The molecular formula is C15H18Cl6N2O7. The van der Waals surface area contributed by atoms with Crippen LogP contribution in [0.3, 0.4) is 0 Å². The Hall–Kier alpha value is 0.0300. The largest absolute Gasteiger partial charge is 0.457 e. The Morgan fingerprint density at radius 3 is 2.20 bits per heavy atom. The molecule has 0 bridgehead atoms. The second kappa shape index (κ2) is 9.49. The van der Waals surface area contributed by atoms with Gasteiger partial charge in [0, 0.05) is 6.92 Å². The highest BCUT2D eigenvalue weighted by Gasteiger charge is 2.55. The van der Waals surface area contributed by atoms with Gasteiger partial charge >= 0.3 is 5.97 Å². The first-order valence-electron chi connectivity index (χ1n) is 8.36. The molecule has 2 rings (SSSR count). The number of hydrogen-bond acceptors (Lipinski definition) is 8. The second-order valence-electron chi connectivity index (χ2n) is 6.85. The number of halogens is 6. The van der Waals surface area contributed by atoms with E-state index in [1.165, 1.54) is 0 Å². The van der Waals surface area contributed by atoms with Crippen LogP contribution in [0, 0.1) is 5.41 Å². The SMILES string of the molecule is CC(=O)O[C@@H]1[C@@H](NC(=O)C(Cl)(Cl)Cl)[C@H](OC(=N)C(Cl)(Cl)Cl)O[C@@H]2COC(C)(C)O[C@@H]12. The van der Waals surface area contributed by atoms with Gasteiger partial charge in [-0.25, -0.2) is 0 Å². The molecule has 172 valence electrons. The fourth-order valence-corrected chi connectivity index (χ4v) is 3.12. The van der Waals surface area contributed by atoms with Gasteiger partial charge in [-0.2, -0.15) is 0 Å². The van der Waals surface area contributed by atoms with Crippen LogP contribution in [0.4, 0.5) is 0 Å². The van der Waals surface area contributed by atoms with E-state index in [0.29, 0.717) is 0 Å². The minimum atomic E-state index is -2.36. The molecule has 0 aromatic carbocycles. The zero-order chi connectivity index (χ0) is 23.1. The van der Waals surface area contributed by atoms with Gasteiger partial charge < -0.3 is 29.0 Å². The molecule has 2 fully saturated rings. The molecule has 0 unspecified atom stereocenters. The van der Waals surface area contributed by atoms with Gasteiger partial charge in [-0.15, -0.1) is 0 Å². The number of nitrogens with one attached hydrogen (secondary N) is 2. The van der Waals surface area contributed by atoms with E-state index < -0.39 is 61.8 Å². The van der Waals surface area contributed by atoms with E-state index in [4.69, 9.17) is 98.7 Å². The Morgan fingerprint density at radius 2 is 1.70 bits per heavy atom. The van der Waals surface area contributed by atoms with Crippen LogP contribution >= 0.6 is 69.6 Å². The highest BCUT2D eigenvalue weighted by molar-refractivity contribution is 6.76. The molecular weight excluding hydrogens is 533 g/mol. The summed E-state index contributed by atoms with van der Waals surface area (Å²) in [5.74, 6) is -3.64. The molecule has 2 aliphatic rings. The molecule has 0 radical (unpaired) electrons. The maximum absolute atomic E-state index is 12.3. The zero-order valence-corrected chi connectivity index (χ0v) is 20.3. The summed E-state index contributed by atoms with van der Waals surface area (Å²) < 4.78 is 23.3. The van der Waals surface area contributed by atoms with Gasteiger partial charge in [0.2, 0.25) is 12.2 Å². The fraction of sp³-hybridized carbons (Fsp3) is 0.800. The number of ether oxygens (including phenoxy) is 5. The van der Waals surface area contributed by atoms with E-state index in [-0.39, 0.29) is 6.61 Å². The van der Waals surface area contributed by atoms with Crippen molar-refractivity contribution in [1.82, 2.24) is 5.32 Å². The van der Waals surface area contributed by atoms with Crippen molar-refractivity contribution in [3.8, 4) is 0 Å². The van der Waals surface area contributed by atoms with E-state index in [0.717, 1.165) is 6.92 Å². The quantitative estimate of drug-likeness (QED) is 0.240. The zero-order valence-electron chi connectivity index (χ0n) is 15.7. The fourth-order valence-electron chi connectivity index (χ4n) is 2.83. The Labute approximate surface area is 202 Å². The van der Waals surface area contributed by atoms with Gasteiger partial charge in [0.25, 0.3) is 13.5 Å². The van der Waals surface area contributed by atoms with Crippen LogP contribution in [0.2, 0.25) is 0 Å². The summed E-state index contributed by atoms with van der Waals surface area (Å²) in [5, 5.41) is 10.2. The number of carbonyl (C=O) groups is 2. The molecule has 0 spiro atoms. The van der Waals surface area contributed by atoms with Crippen LogP contribution in [0.1, 0.15) is 20.8 Å². The second-order valence-corrected chi connectivity index (χ2v) is 11.4. The molecule has 2 N–H and O–H groups in total. The summed E-state index contributed by atoms with van der Waals surface area (Å²) >= 11 is 33.9. The number of hydrogen-bond donors (Lipinski definition) is 2. The lowest BCUT2D eigenvalue weighted by atomic mass is 9.95. The normalized spacial score (nSPS) is 31.3. The summed E-state index contributed by atoms with van der Waals surface area (Å²) in [5.41, 5.74) is 0. The smallest absolute Gasteiger partial charge is 0.303 e. The van der Waals surface area contributed by atoms with Crippen molar-refractivity contribution in [3.05, 3.63) is 0 Å². The lowest BCUT2D eigenvalue weighted by Gasteiger charge is -2.50. The number of amides is 1. The molecule has 15 heteroatoms. The van der Waals surface area contributed by atoms with E-state index in [9.17, 15) is 9.59 Å². The summed E-state index contributed by atoms with van der Waals surface area (Å²) in [7, 11) is 0. The molecule has 0 aliphatic carbocycles. The average Bonchev–Trinajstić information content (AvgIpc) is 2.55. The molecule has 2 heterocycles. The first kappa shape index (κ1) is 26.3. The van der Waals surface area contributed by atoms with Gasteiger partial charge in [-0.05, 0) is 13.8 Å². The molecule has 5 atom stereocenters. The van der Waals surface area contributed by atoms with Gasteiger partial charge in [-0.3, -0.25) is 15.0 Å². The Morgan fingerprint density at radius 1 is 1.10 bits per heavy atom. The third-order valence-electron chi connectivity index (χ3n) is 4.01. The molecule has 2 saturated heterocycles. The van der Waals surface area contributed by atoms with Crippen LogP contribution in [-0.4, -0.2) is 68.4 Å². The lowest BCUT2D eigenvalue weighted by Crippen LogP contribution is -2.70. The van der Waals surface area contributed by atoms with Crippen molar-refractivity contribution in [2.24, 2.45) is 0 Å². The van der Waals surface area contributed by atoms with Crippen molar-refractivity contribution >= 4 is 87.4 Å². The summed E-state index contributed by atoms with van der Waals surface area (Å²) in [6.07, 6.45) is -4.39. The summed E-state index contributed by atoms with van der Waals surface area (Å²) in [6, 6.07) is -1.31. The first-order valence-corrected chi connectivity index (χ1v) is 10.6. The average molecular weight is 551 g/mol. The van der Waals surface area contributed by atoms with Gasteiger partial charge in [0.15, 0.2) is 11.9 Å². The number of rotatable bonds is 3. The number of fused-ring (bicyclic) bond motifs is 1. The van der Waals surface area contributed by atoms with Gasteiger partial charge in [0.05, 0.1) is 6.61 Å². The predicted molar refractivity (Wildman–Crippen MR) is 110 cm³/mol. The number of alkyl halides is 6. The van der Waals surface area contributed by atoms with Crippen molar-refractivity contribution < 1.29 is 33.3 Å². The van der Waals surface area contributed by atoms with Crippen LogP contribution in [0.15, 0.2) is 0 Å². The monoisotopic (exact) mass is 548 g/mol. The molecule has 9 nitrogen and oxygen atoms in total. The van der Waals surface area contributed by atoms with Crippen LogP contribution in [0.5, 0.6) is 0 Å². The Balaban J connectivity index is 2.42. The van der Waals surface area contributed by atoms with Crippen LogP contribution in [-0.2, 0) is 33.3 Å². The van der Waals surface area contributed by atoms with Crippen LogP contribution < -0.4 is 5.32 Å². The first-order chi connectivity index (χ1) is 13.5. The minimum absolute atomic E-state index is 0.0154. The maximum atomic E-state index is 12.3. The predicted octanol–water partition coefficient (Wildman–Crippen LogP) is 3.01. The van der Waals surface area contributed by atoms with Crippen molar-refractivity contribution in [2.75, 3.05) is 6.61 Å². The van der Waals surface area contributed by atoms with Crippen LogP contribution in [0.25, 0.3) is 0 Å². The van der Waals surface area contributed by atoms with E-state index in [1.807, 2.05) is 0 Å². The molecule has 0 aromatic heterocycles.